The quantitative estimate of drug-likeness (QED) is 0.0555. The Morgan fingerprint density at radius 3 is 2.57 bits per heavy atom. The summed E-state index contributed by atoms with van der Waals surface area (Å²) >= 11 is 0.918. The third-order valence-electron chi connectivity index (χ3n) is 6.13. The van der Waals surface area contributed by atoms with Crippen LogP contribution in [0.3, 0.4) is 0 Å². The molecule has 21 heteroatoms. The lowest BCUT2D eigenvalue weighted by molar-refractivity contribution is -0.161. The number of aromatic hydroxyl groups is 1. The number of H-pyrrole nitrogens is 1. The number of carbonyl (C=O) groups excluding carboxylic acids is 3. The molecule has 1 fully saturated rings. The zero-order chi connectivity index (χ0) is 32.6. The fourth-order valence-electron chi connectivity index (χ4n) is 3.74. The highest BCUT2D eigenvalue weighted by Gasteiger charge is 2.54. The molecule has 0 saturated carbocycles. The Morgan fingerprint density at radius 2 is 1.98 bits per heavy atom. The highest BCUT2D eigenvalue weighted by atomic mass is 32.2. The summed E-state index contributed by atoms with van der Waals surface area (Å²) in [7, 11) is -5.15. The van der Waals surface area contributed by atoms with E-state index in [-0.39, 0.29) is 26.5 Å². The molecule has 3 aromatic rings. The number of esters is 1. The number of aliphatic carboxylic acids is 1. The number of β-lactam (4-membered cyclic amide) rings is 1. The van der Waals surface area contributed by atoms with E-state index in [2.05, 4.69) is 20.3 Å². The highest BCUT2D eigenvalue weighted by Crippen LogP contribution is 2.33. The minimum atomic E-state index is -5.15. The largest absolute Gasteiger partial charge is 0.503 e. The van der Waals surface area contributed by atoms with Crippen molar-refractivity contribution in [2.75, 3.05) is 12.3 Å². The monoisotopic (exact) mass is 654 g/mol. The molecule has 0 spiro atoms. The number of rotatable bonds is 12. The molecule has 1 aliphatic rings. The second-order valence-electron chi connectivity index (χ2n) is 9.60. The van der Waals surface area contributed by atoms with Gasteiger partial charge in [-0.1, -0.05) is 10.3 Å². The average molecular weight is 655 g/mol. The van der Waals surface area contributed by atoms with Gasteiger partial charge in [-0.25, -0.2) is 18.9 Å². The standard InChI is InChI=1S/C23H22N6O13S2/c1-23(2,21(35)36)42-28-18(12-8-43-22(24)26-12)15(31)3-9-13(29(19(9)33)44(37,38)39)7-40-20(34)17-5-11(27-41-17)10-4-14(30)16(32)6-25-10/h4-6,8-9,13,32H,3,7H2,1-2H3,(H2,24,26)(H,25,30)(H,35,36)(H,37,38,39)/b28-18-/t9-,13+/m0/s1. The first-order chi connectivity index (χ1) is 20.5. The number of aromatic nitrogens is 3. The van der Waals surface area contributed by atoms with Gasteiger partial charge in [-0.15, -0.1) is 11.3 Å². The molecule has 1 amide bonds. The topological polar surface area (TPSA) is 295 Å². The first kappa shape index (κ1) is 31.8. The van der Waals surface area contributed by atoms with Crippen LogP contribution in [0.1, 0.15) is 36.5 Å². The van der Waals surface area contributed by atoms with E-state index in [1.165, 1.54) is 5.38 Å². The molecule has 1 saturated heterocycles. The summed E-state index contributed by atoms with van der Waals surface area (Å²) in [5, 5.41) is 27.2. The molecule has 2 atom stereocenters. The number of nitrogens with two attached hydrogens (primary N) is 1. The maximum atomic E-state index is 13.2. The molecule has 0 radical (unpaired) electrons. The molecule has 3 aromatic heterocycles. The number of amides is 1. The van der Waals surface area contributed by atoms with E-state index in [1.54, 1.807) is 0 Å². The van der Waals surface area contributed by atoms with Crippen molar-refractivity contribution in [3.05, 3.63) is 45.4 Å². The summed E-state index contributed by atoms with van der Waals surface area (Å²) in [6, 6.07) is 0.498. The van der Waals surface area contributed by atoms with Crippen LogP contribution in [-0.2, 0) is 34.3 Å². The Hall–Kier alpha value is -5.15. The third-order valence-corrected chi connectivity index (χ3v) is 7.75. The summed E-state index contributed by atoms with van der Waals surface area (Å²) in [5.41, 5.74) is 2.41. The summed E-state index contributed by atoms with van der Waals surface area (Å²) in [6.07, 6.45) is 0.239. The summed E-state index contributed by atoms with van der Waals surface area (Å²) < 4.78 is 43.3. The van der Waals surface area contributed by atoms with Crippen LogP contribution in [0.25, 0.3) is 11.4 Å². The van der Waals surface area contributed by atoms with Crippen LogP contribution in [0, 0.1) is 5.92 Å². The Labute approximate surface area is 249 Å². The van der Waals surface area contributed by atoms with Crippen molar-refractivity contribution in [3.8, 4) is 17.1 Å². The van der Waals surface area contributed by atoms with Crippen LogP contribution in [0.15, 0.2) is 38.2 Å². The van der Waals surface area contributed by atoms with Gasteiger partial charge in [0, 0.05) is 30.1 Å². The van der Waals surface area contributed by atoms with E-state index in [9.17, 15) is 47.2 Å². The Bertz CT molecular complexity index is 1840. The second kappa shape index (κ2) is 11.9. The smallest absolute Gasteiger partial charge is 0.377 e. The Kier molecular flexibility index (Phi) is 8.56. The summed E-state index contributed by atoms with van der Waals surface area (Å²) in [6.45, 7) is 1.47. The summed E-state index contributed by atoms with van der Waals surface area (Å²) in [4.78, 5) is 73.1. The maximum Gasteiger partial charge on any atom is 0.377 e. The van der Waals surface area contributed by atoms with Crippen molar-refractivity contribution in [2.24, 2.45) is 11.1 Å². The maximum absolute atomic E-state index is 13.2. The normalized spacial score (nSPS) is 17.2. The van der Waals surface area contributed by atoms with Crippen LogP contribution in [-0.4, -0.2) is 90.2 Å². The molecule has 44 heavy (non-hydrogen) atoms. The van der Waals surface area contributed by atoms with Crippen LogP contribution >= 0.6 is 11.3 Å². The van der Waals surface area contributed by atoms with Gasteiger partial charge < -0.3 is 35.0 Å². The number of ether oxygens (including phenoxy) is 1. The van der Waals surface area contributed by atoms with Crippen molar-refractivity contribution in [1.29, 1.82) is 0 Å². The average Bonchev–Trinajstić information content (AvgIpc) is 3.60. The molecule has 0 aromatic carbocycles. The van der Waals surface area contributed by atoms with Gasteiger partial charge in [-0.05, 0) is 13.8 Å². The zero-order valence-electron chi connectivity index (χ0n) is 22.5. The number of aromatic amines is 1. The van der Waals surface area contributed by atoms with Crippen molar-refractivity contribution in [3.63, 3.8) is 0 Å². The number of pyridine rings is 1. The number of Topliss-reactive ketones (excluding diaryl/α,β-unsaturated/α-hetero) is 1. The molecule has 0 bridgehead atoms. The number of nitrogen functional groups attached to an aromatic ring is 1. The summed E-state index contributed by atoms with van der Waals surface area (Å²) in [5.74, 6) is -7.27. The molecule has 4 rings (SSSR count). The van der Waals surface area contributed by atoms with E-state index >= 15 is 0 Å². The molecule has 234 valence electrons. The van der Waals surface area contributed by atoms with Crippen LogP contribution in [0.2, 0.25) is 0 Å². The zero-order valence-corrected chi connectivity index (χ0v) is 24.1. The molecule has 4 heterocycles. The number of anilines is 1. The Balaban J connectivity index is 1.52. The van der Waals surface area contributed by atoms with Gasteiger partial charge in [-0.3, -0.25) is 18.9 Å². The highest BCUT2D eigenvalue weighted by molar-refractivity contribution is 7.84. The van der Waals surface area contributed by atoms with Gasteiger partial charge in [-0.2, -0.15) is 8.42 Å². The molecular weight excluding hydrogens is 632 g/mol. The lowest BCUT2D eigenvalue weighted by Crippen LogP contribution is -2.65. The number of carboxylic acid groups (broad SMARTS) is 1. The van der Waals surface area contributed by atoms with E-state index in [1.807, 2.05) is 0 Å². The van der Waals surface area contributed by atoms with Crippen LogP contribution < -0.4 is 11.2 Å². The number of thiazole rings is 1. The van der Waals surface area contributed by atoms with Crippen molar-refractivity contribution < 1.29 is 56.5 Å². The first-order valence-corrected chi connectivity index (χ1v) is 14.4. The van der Waals surface area contributed by atoms with Crippen molar-refractivity contribution in [2.45, 2.75) is 31.9 Å². The fraction of sp³-hybridized carbons (Fsp3) is 0.304. The number of hydrogen-bond donors (Lipinski definition) is 5. The number of nitrogens with one attached hydrogen (secondary N) is 1. The lowest BCUT2D eigenvalue weighted by Gasteiger charge is -2.43. The SMILES string of the molecule is CC(C)(O/N=C(\C(=O)C[C@@H]1C(=O)N(S(=O)(=O)O)[C@@H]1COC(=O)c1cc(-c2cc(=O)c(O)c[nH]2)no1)c1csc(N)n1)C(=O)O. The van der Waals surface area contributed by atoms with Gasteiger partial charge in [0.1, 0.15) is 18.0 Å². The molecule has 6 N–H and O–H groups in total. The molecule has 0 unspecified atom stereocenters. The lowest BCUT2D eigenvalue weighted by atomic mass is 9.85. The van der Waals surface area contributed by atoms with E-state index in [4.69, 9.17) is 19.8 Å². The second-order valence-corrected chi connectivity index (χ2v) is 11.8. The number of carbonyl (C=O) groups is 4. The van der Waals surface area contributed by atoms with E-state index < -0.39 is 87.2 Å². The van der Waals surface area contributed by atoms with Gasteiger partial charge >= 0.3 is 22.2 Å². The molecule has 1 aliphatic heterocycles. The number of hydrogen-bond acceptors (Lipinski definition) is 16. The third kappa shape index (κ3) is 6.58. The van der Waals surface area contributed by atoms with Gasteiger partial charge in [0.25, 0.3) is 0 Å². The molecule has 19 nitrogen and oxygen atoms in total. The number of ketones is 1. The Morgan fingerprint density at radius 1 is 1.27 bits per heavy atom. The van der Waals surface area contributed by atoms with Crippen molar-refractivity contribution in [1.82, 2.24) is 19.4 Å². The number of carboxylic acids is 1. The van der Waals surface area contributed by atoms with E-state index in [0.29, 0.717) is 0 Å². The van der Waals surface area contributed by atoms with Gasteiger partial charge in [0.05, 0.1) is 17.7 Å². The predicted molar refractivity (Wildman–Crippen MR) is 146 cm³/mol. The van der Waals surface area contributed by atoms with Gasteiger partial charge in [0.15, 0.2) is 22.4 Å². The van der Waals surface area contributed by atoms with Crippen LogP contribution in [0.4, 0.5) is 5.13 Å². The number of nitrogens with zero attached hydrogens (tertiary/aromatic N) is 4. The van der Waals surface area contributed by atoms with Crippen LogP contribution in [0.5, 0.6) is 5.75 Å². The minimum absolute atomic E-state index is 0.0207. The molecular formula is C23H22N6O13S2. The van der Waals surface area contributed by atoms with Gasteiger partial charge in [0.2, 0.25) is 22.7 Å². The predicted octanol–water partition coefficient (Wildman–Crippen LogP) is -0.196. The minimum Gasteiger partial charge on any atom is -0.503 e. The number of oxime groups is 1. The van der Waals surface area contributed by atoms with Crippen molar-refractivity contribution >= 4 is 56.1 Å². The molecule has 0 aliphatic carbocycles. The first-order valence-electron chi connectivity index (χ1n) is 12.1. The fourth-order valence-corrected chi connectivity index (χ4v) is 5.20. The van der Waals surface area contributed by atoms with E-state index in [0.717, 1.165) is 43.5 Å².